The third-order valence-corrected chi connectivity index (χ3v) is 2.87. The molecular formula is C10H9ClN2OS. The lowest BCUT2D eigenvalue weighted by atomic mass is 10.3. The first-order valence-corrected chi connectivity index (χ1v) is 5.52. The van der Waals surface area contributed by atoms with Crippen molar-refractivity contribution in [3.63, 3.8) is 0 Å². The van der Waals surface area contributed by atoms with Gasteiger partial charge >= 0.3 is 0 Å². The van der Waals surface area contributed by atoms with E-state index in [9.17, 15) is 0 Å². The molecule has 0 radical (unpaired) electrons. The topological polar surface area (TPSA) is 48.1 Å². The lowest BCUT2D eigenvalue weighted by Crippen LogP contribution is -1.93. The first-order chi connectivity index (χ1) is 7.24. The van der Waals surface area contributed by atoms with Gasteiger partial charge in [0.1, 0.15) is 12.4 Å². The van der Waals surface area contributed by atoms with Gasteiger partial charge in [-0.05, 0) is 24.3 Å². The van der Waals surface area contributed by atoms with Crippen molar-refractivity contribution >= 4 is 28.6 Å². The molecule has 15 heavy (non-hydrogen) atoms. The first kappa shape index (κ1) is 10.3. The van der Waals surface area contributed by atoms with Crippen LogP contribution in [0.15, 0.2) is 30.5 Å². The maximum atomic E-state index is 5.70. The molecule has 0 amide bonds. The monoisotopic (exact) mass is 240 g/mol. The highest BCUT2D eigenvalue weighted by Gasteiger charge is 2.00. The highest BCUT2D eigenvalue weighted by Crippen LogP contribution is 2.20. The Hall–Kier alpha value is -1.26. The number of aromatic nitrogens is 1. The van der Waals surface area contributed by atoms with Crippen LogP contribution in [0.2, 0.25) is 4.47 Å². The van der Waals surface area contributed by atoms with Crippen LogP contribution in [0, 0.1) is 0 Å². The van der Waals surface area contributed by atoms with E-state index in [-0.39, 0.29) is 0 Å². The number of hydrogen-bond donors (Lipinski definition) is 1. The van der Waals surface area contributed by atoms with E-state index < -0.39 is 0 Å². The zero-order chi connectivity index (χ0) is 10.7. The predicted octanol–water partition coefficient (Wildman–Crippen LogP) is 2.96. The van der Waals surface area contributed by atoms with E-state index in [4.69, 9.17) is 22.1 Å². The van der Waals surface area contributed by atoms with E-state index in [0.29, 0.717) is 11.1 Å². The summed E-state index contributed by atoms with van der Waals surface area (Å²) in [5.74, 6) is 0.786. The van der Waals surface area contributed by atoms with Gasteiger partial charge in [-0.25, -0.2) is 4.98 Å². The van der Waals surface area contributed by atoms with Gasteiger partial charge in [0.2, 0.25) is 0 Å². The lowest BCUT2D eigenvalue weighted by molar-refractivity contribution is 0.309. The molecule has 2 aromatic rings. The number of thiazole rings is 1. The molecule has 0 aliphatic carbocycles. The highest BCUT2D eigenvalue weighted by atomic mass is 35.5. The minimum absolute atomic E-state index is 0.480. The van der Waals surface area contributed by atoms with Crippen molar-refractivity contribution in [3.8, 4) is 5.75 Å². The molecular weight excluding hydrogens is 232 g/mol. The Balaban J connectivity index is 1.96. The maximum absolute atomic E-state index is 5.70. The van der Waals surface area contributed by atoms with Crippen LogP contribution in [0.5, 0.6) is 5.75 Å². The molecule has 78 valence electrons. The van der Waals surface area contributed by atoms with Crippen LogP contribution in [0.3, 0.4) is 0 Å². The number of nitrogens with zero attached hydrogens (tertiary/aromatic N) is 1. The van der Waals surface area contributed by atoms with E-state index in [1.54, 1.807) is 18.3 Å². The second kappa shape index (κ2) is 4.51. The quantitative estimate of drug-likeness (QED) is 0.840. The van der Waals surface area contributed by atoms with Crippen molar-refractivity contribution in [2.75, 3.05) is 5.73 Å². The zero-order valence-corrected chi connectivity index (χ0v) is 9.39. The van der Waals surface area contributed by atoms with Crippen molar-refractivity contribution in [1.29, 1.82) is 0 Å². The summed E-state index contributed by atoms with van der Waals surface area (Å²) < 4.78 is 6.05. The van der Waals surface area contributed by atoms with Gasteiger partial charge < -0.3 is 10.5 Å². The van der Waals surface area contributed by atoms with Crippen LogP contribution >= 0.6 is 22.9 Å². The molecule has 0 unspecified atom stereocenters. The first-order valence-electron chi connectivity index (χ1n) is 4.32. The number of nitrogen functional groups attached to an aromatic ring is 1. The molecule has 5 heteroatoms. The second-order valence-electron chi connectivity index (χ2n) is 2.94. The number of rotatable bonds is 3. The van der Waals surface area contributed by atoms with Gasteiger partial charge in [0.05, 0.1) is 4.88 Å². The number of halogens is 1. The second-order valence-corrected chi connectivity index (χ2v) is 4.63. The van der Waals surface area contributed by atoms with E-state index in [2.05, 4.69) is 4.98 Å². The SMILES string of the molecule is Nc1ccc(OCc2cnc(Cl)s2)cc1. The molecule has 1 heterocycles. The average Bonchev–Trinajstić information content (AvgIpc) is 2.64. The summed E-state index contributed by atoms with van der Waals surface area (Å²) in [4.78, 5) is 4.92. The van der Waals surface area contributed by atoms with Gasteiger partial charge in [-0.15, -0.1) is 11.3 Å². The fourth-order valence-corrected chi connectivity index (χ4v) is 1.96. The number of ether oxygens (including phenoxy) is 1. The fraction of sp³-hybridized carbons (Fsp3) is 0.100. The van der Waals surface area contributed by atoms with E-state index in [0.717, 1.165) is 16.3 Å². The van der Waals surface area contributed by atoms with Crippen LogP contribution < -0.4 is 10.5 Å². The molecule has 0 atom stereocenters. The molecule has 0 spiro atoms. The predicted molar refractivity (Wildman–Crippen MR) is 62.3 cm³/mol. The van der Waals surface area contributed by atoms with E-state index in [1.807, 2.05) is 12.1 Å². The van der Waals surface area contributed by atoms with Crippen LogP contribution in [-0.4, -0.2) is 4.98 Å². The van der Waals surface area contributed by atoms with Crippen molar-refractivity contribution < 1.29 is 4.74 Å². The number of benzene rings is 1. The number of nitrogens with two attached hydrogens (primary N) is 1. The highest BCUT2D eigenvalue weighted by molar-refractivity contribution is 7.15. The smallest absolute Gasteiger partial charge is 0.183 e. The summed E-state index contributed by atoms with van der Waals surface area (Å²) in [5, 5.41) is 0. The third kappa shape index (κ3) is 2.84. The molecule has 0 bridgehead atoms. The Bertz CT molecular complexity index is 441. The van der Waals surface area contributed by atoms with Crippen molar-refractivity contribution in [2.24, 2.45) is 0 Å². The molecule has 0 saturated heterocycles. The van der Waals surface area contributed by atoms with Crippen molar-refractivity contribution in [1.82, 2.24) is 4.98 Å². The molecule has 2 N–H and O–H groups in total. The molecule has 0 saturated carbocycles. The normalized spacial score (nSPS) is 10.2. The van der Waals surface area contributed by atoms with E-state index >= 15 is 0 Å². The molecule has 1 aromatic carbocycles. The summed E-state index contributed by atoms with van der Waals surface area (Å²) in [6, 6.07) is 7.26. The van der Waals surface area contributed by atoms with Gasteiger partial charge in [-0.2, -0.15) is 0 Å². The standard InChI is InChI=1S/C10H9ClN2OS/c11-10-13-5-9(15-10)6-14-8-3-1-7(12)2-4-8/h1-5H,6,12H2. The van der Waals surface area contributed by atoms with Gasteiger partial charge in [0.25, 0.3) is 0 Å². The molecule has 0 aliphatic heterocycles. The van der Waals surface area contributed by atoms with Crippen molar-refractivity contribution in [3.05, 3.63) is 39.8 Å². The van der Waals surface area contributed by atoms with Crippen LogP contribution in [0.4, 0.5) is 5.69 Å². The largest absolute Gasteiger partial charge is 0.488 e. The van der Waals surface area contributed by atoms with Crippen molar-refractivity contribution in [2.45, 2.75) is 6.61 Å². The minimum Gasteiger partial charge on any atom is -0.488 e. The molecule has 1 aromatic heterocycles. The Morgan fingerprint density at radius 3 is 2.67 bits per heavy atom. The maximum Gasteiger partial charge on any atom is 0.183 e. The summed E-state index contributed by atoms with van der Waals surface area (Å²) in [7, 11) is 0. The molecule has 2 rings (SSSR count). The third-order valence-electron chi connectivity index (χ3n) is 1.79. The Labute approximate surface area is 96.5 Å². The number of anilines is 1. The average molecular weight is 241 g/mol. The molecule has 3 nitrogen and oxygen atoms in total. The summed E-state index contributed by atoms with van der Waals surface area (Å²) in [6.07, 6.45) is 1.71. The summed E-state index contributed by atoms with van der Waals surface area (Å²) in [5.41, 5.74) is 6.28. The summed E-state index contributed by atoms with van der Waals surface area (Å²) >= 11 is 7.11. The number of hydrogen-bond acceptors (Lipinski definition) is 4. The van der Waals surface area contributed by atoms with Crippen LogP contribution in [0.25, 0.3) is 0 Å². The Morgan fingerprint density at radius 1 is 1.33 bits per heavy atom. The zero-order valence-electron chi connectivity index (χ0n) is 7.81. The lowest BCUT2D eigenvalue weighted by Gasteiger charge is -2.03. The van der Waals surface area contributed by atoms with Gasteiger partial charge in [-0.3, -0.25) is 0 Å². The Morgan fingerprint density at radius 2 is 2.07 bits per heavy atom. The Kier molecular flexibility index (Phi) is 3.08. The van der Waals surface area contributed by atoms with Crippen LogP contribution in [0.1, 0.15) is 4.88 Å². The minimum atomic E-state index is 0.480. The van der Waals surface area contributed by atoms with Gasteiger partial charge in [0.15, 0.2) is 4.47 Å². The van der Waals surface area contributed by atoms with E-state index in [1.165, 1.54) is 11.3 Å². The van der Waals surface area contributed by atoms with Crippen LogP contribution in [-0.2, 0) is 6.61 Å². The fourth-order valence-electron chi connectivity index (χ4n) is 1.07. The molecule has 0 aliphatic rings. The molecule has 0 fully saturated rings. The van der Waals surface area contributed by atoms with Gasteiger partial charge in [0, 0.05) is 11.9 Å². The van der Waals surface area contributed by atoms with Gasteiger partial charge in [-0.1, -0.05) is 11.6 Å². The summed E-state index contributed by atoms with van der Waals surface area (Å²) in [6.45, 7) is 0.480.